The first-order valence-electron chi connectivity index (χ1n) is 4.11. The van der Waals surface area contributed by atoms with E-state index in [0.717, 1.165) is 0 Å². The van der Waals surface area contributed by atoms with E-state index >= 15 is 0 Å². The molecule has 1 rings (SSSR count). The van der Waals surface area contributed by atoms with Crippen molar-refractivity contribution in [1.82, 2.24) is 0 Å². The molecule has 0 aliphatic carbocycles. The summed E-state index contributed by atoms with van der Waals surface area (Å²) in [5, 5.41) is 0. The third kappa shape index (κ3) is 3.68. The Labute approximate surface area is 94.7 Å². The fourth-order valence-corrected chi connectivity index (χ4v) is 2.89. The van der Waals surface area contributed by atoms with Crippen molar-refractivity contribution in [2.45, 2.75) is 18.2 Å². The van der Waals surface area contributed by atoms with Crippen molar-refractivity contribution in [3.05, 3.63) is 41.4 Å². The van der Waals surface area contributed by atoms with Crippen LogP contribution in [0, 0.1) is 0 Å². The maximum absolute atomic E-state index is 4.10. The molecule has 0 unspecified atom stereocenters. The quantitative estimate of drug-likeness (QED) is 0.595. The van der Waals surface area contributed by atoms with Crippen LogP contribution in [0.3, 0.4) is 0 Å². The molecule has 1 aromatic rings. The number of allylic oxidation sites excluding steroid dienone is 1. The SMILES string of the molecule is C=C([Se]c1ccccc1)C(C)(C)Br. The molecule has 0 saturated heterocycles. The number of hydrogen-bond acceptors (Lipinski definition) is 0. The van der Waals surface area contributed by atoms with Gasteiger partial charge in [0.25, 0.3) is 0 Å². The molecule has 70 valence electrons. The van der Waals surface area contributed by atoms with Gasteiger partial charge in [-0.2, -0.15) is 0 Å². The van der Waals surface area contributed by atoms with Crippen LogP contribution in [0.5, 0.6) is 0 Å². The molecule has 0 amide bonds. The zero-order valence-corrected chi connectivity index (χ0v) is 11.2. The Morgan fingerprint density at radius 2 is 1.85 bits per heavy atom. The average molecular weight is 304 g/mol. The Bertz CT molecular complexity index is 285. The van der Waals surface area contributed by atoms with E-state index in [1.165, 1.54) is 8.93 Å². The van der Waals surface area contributed by atoms with E-state index in [4.69, 9.17) is 0 Å². The summed E-state index contributed by atoms with van der Waals surface area (Å²) < 4.78 is 2.71. The van der Waals surface area contributed by atoms with Crippen LogP contribution in [0.2, 0.25) is 0 Å². The van der Waals surface area contributed by atoms with E-state index in [-0.39, 0.29) is 4.32 Å². The van der Waals surface area contributed by atoms with Gasteiger partial charge < -0.3 is 0 Å². The molecule has 0 N–H and O–H groups in total. The third-order valence-corrected chi connectivity index (χ3v) is 5.37. The Kier molecular flexibility index (Phi) is 3.78. The van der Waals surface area contributed by atoms with E-state index in [2.05, 4.69) is 60.6 Å². The summed E-state index contributed by atoms with van der Waals surface area (Å²) in [5.74, 6) is 0. The standard InChI is InChI=1S/C11H13BrSe/c1-9(11(2,3)12)13-10-7-5-4-6-8-10/h4-8H,1H2,2-3H3. The molecule has 0 heterocycles. The van der Waals surface area contributed by atoms with E-state index in [1.54, 1.807) is 0 Å². The van der Waals surface area contributed by atoms with Gasteiger partial charge in [-0.05, 0) is 0 Å². The van der Waals surface area contributed by atoms with Gasteiger partial charge in [0.1, 0.15) is 0 Å². The van der Waals surface area contributed by atoms with Crippen LogP contribution >= 0.6 is 15.9 Å². The van der Waals surface area contributed by atoms with Gasteiger partial charge >= 0.3 is 94.9 Å². The monoisotopic (exact) mass is 304 g/mol. The summed E-state index contributed by atoms with van der Waals surface area (Å²) in [4.78, 5) is 0. The molecule has 1 aromatic carbocycles. The summed E-state index contributed by atoms with van der Waals surface area (Å²) in [7, 11) is 0. The average Bonchev–Trinajstić information content (AvgIpc) is 2.04. The fourth-order valence-electron chi connectivity index (χ4n) is 0.752. The van der Waals surface area contributed by atoms with Gasteiger partial charge in [-0.3, -0.25) is 0 Å². The maximum atomic E-state index is 4.10. The molecule has 0 atom stereocenters. The summed E-state index contributed by atoms with van der Waals surface area (Å²) in [6.45, 7) is 8.38. The molecular formula is C11H13BrSe. The molecule has 0 aromatic heterocycles. The summed E-state index contributed by atoms with van der Waals surface area (Å²) >= 11 is 3.99. The zero-order chi connectivity index (χ0) is 9.90. The van der Waals surface area contributed by atoms with Crippen LogP contribution < -0.4 is 4.46 Å². The van der Waals surface area contributed by atoms with Gasteiger partial charge in [-0.1, -0.05) is 0 Å². The van der Waals surface area contributed by atoms with Gasteiger partial charge in [0, 0.05) is 0 Å². The van der Waals surface area contributed by atoms with Crippen molar-refractivity contribution in [1.29, 1.82) is 0 Å². The molecule has 2 heteroatoms. The van der Waals surface area contributed by atoms with Gasteiger partial charge in [-0.25, -0.2) is 0 Å². The van der Waals surface area contributed by atoms with Gasteiger partial charge in [-0.15, -0.1) is 0 Å². The molecule has 0 aliphatic rings. The summed E-state index contributed by atoms with van der Waals surface area (Å²) in [5.41, 5.74) is 0. The van der Waals surface area contributed by atoms with Gasteiger partial charge in [0.15, 0.2) is 0 Å². The van der Waals surface area contributed by atoms with Crippen LogP contribution in [0.25, 0.3) is 0 Å². The first-order valence-corrected chi connectivity index (χ1v) is 6.62. The second-order valence-electron chi connectivity index (χ2n) is 3.31. The van der Waals surface area contributed by atoms with Crippen LogP contribution in [-0.2, 0) is 0 Å². The minimum absolute atomic E-state index is 0.0584. The van der Waals surface area contributed by atoms with Crippen LogP contribution in [0.15, 0.2) is 41.4 Å². The van der Waals surface area contributed by atoms with Crippen LogP contribution in [0.4, 0.5) is 0 Å². The summed E-state index contributed by atoms with van der Waals surface area (Å²) in [6.07, 6.45) is 0. The van der Waals surface area contributed by atoms with E-state index in [0.29, 0.717) is 15.0 Å². The van der Waals surface area contributed by atoms with Crippen LogP contribution in [0.1, 0.15) is 13.8 Å². The number of benzene rings is 1. The Morgan fingerprint density at radius 3 is 2.31 bits per heavy atom. The van der Waals surface area contributed by atoms with Crippen molar-refractivity contribution in [3.8, 4) is 0 Å². The number of hydrogen-bond donors (Lipinski definition) is 0. The third-order valence-electron chi connectivity index (χ3n) is 1.65. The second kappa shape index (κ2) is 4.45. The molecular weight excluding hydrogens is 291 g/mol. The molecule has 0 nitrogen and oxygen atoms in total. The van der Waals surface area contributed by atoms with Crippen molar-refractivity contribution < 1.29 is 0 Å². The Morgan fingerprint density at radius 1 is 1.31 bits per heavy atom. The first-order chi connectivity index (χ1) is 6.00. The number of alkyl halides is 1. The summed E-state index contributed by atoms with van der Waals surface area (Å²) in [6, 6.07) is 10.5. The van der Waals surface area contributed by atoms with Crippen molar-refractivity contribution in [2.24, 2.45) is 0 Å². The molecule has 0 saturated carbocycles. The molecule has 13 heavy (non-hydrogen) atoms. The number of rotatable bonds is 3. The molecule has 0 bridgehead atoms. The molecule has 0 fully saturated rings. The molecule has 0 radical (unpaired) electrons. The topological polar surface area (TPSA) is 0 Å². The van der Waals surface area contributed by atoms with Gasteiger partial charge in [0.05, 0.1) is 0 Å². The van der Waals surface area contributed by atoms with Crippen molar-refractivity contribution in [2.75, 3.05) is 0 Å². The van der Waals surface area contributed by atoms with E-state index in [1.807, 2.05) is 6.07 Å². The fraction of sp³-hybridized carbons (Fsp3) is 0.273. The van der Waals surface area contributed by atoms with Crippen molar-refractivity contribution >= 4 is 35.3 Å². The zero-order valence-electron chi connectivity index (χ0n) is 7.88. The Hall–Kier alpha value is -0.0405. The van der Waals surface area contributed by atoms with Crippen molar-refractivity contribution in [3.63, 3.8) is 0 Å². The first kappa shape index (κ1) is 11.0. The van der Waals surface area contributed by atoms with E-state index < -0.39 is 0 Å². The van der Waals surface area contributed by atoms with Gasteiger partial charge in [0.2, 0.25) is 0 Å². The number of halogens is 1. The minimum atomic E-state index is 0.0584. The predicted molar refractivity (Wildman–Crippen MR) is 64.0 cm³/mol. The predicted octanol–water partition coefficient (Wildman–Crippen LogP) is 2.70. The van der Waals surface area contributed by atoms with E-state index in [9.17, 15) is 0 Å². The normalized spacial score (nSPS) is 11.3. The second-order valence-corrected chi connectivity index (χ2v) is 7.74. The Balaban J connectivity index is 2.66. The molecule has 0 aliphatic heterocycles. The van der Waals surface area contributed by atoms with Crippen LogP contribution in [-0.4, -0.2) is 19.3 Å². The molecule has 0 spiro atoms.